The van der Waals surface area contributed by atoms with Crippen LogP contribution in [0.4, 0.5) is 0 Å². The lowest BCUT2D eigenvalue weighted by molar-refractivity contribution is 0.0977. The van der Waals surface area contributed by atoms with Crippen LogP contribution in [-0.2, 0) is 6.54 Å². The lowest BCUT2D eigenvalue weighted by Crippen LogP contribution is -2.15. The summed E-state index contributed by atoms with van der Waals surface area (Å²) in [6, 6.07) is 0. The van der Waals surface area contributed by atoms with Crippen molar-refractivity contribution in [3.05, 3.63) is 16.4 Å². The van der Waals surface area contributed by atoms with Crippen LogP contribution in [0.3, 0.4) is 0 Å². The van der Waals surface area contributed by atoms with E-state index in [1.54, 1.807) is 10.9 Å². The molecule has 0 bridgehead atoms. The van der Waals surface area contributed by atoms with Crippen LogP contribution in [0, 0.1) is 0 Å². The lowest BCUT2D eigenvalue weighted by Gasteiger charge is -2.17. The van der Waals surface area contributed by atoms with E-state index in [0.29, 0.717) is 12.1 Å². The Bertz CT molecular complexity index is 396. The largest absolute Gasteiger partial charge is 0.292 e. The topological polar surface area (TPSA) is 34.9 Å². The minimum Gasteiger partial charge on any atom is -0.292 e. The molecule has 0 amide bonds. The molecule has 0 aliphatic rings. The van der Waals surface area contributed by atoms with Gasteiger partial charge in [0.05, 0.1) is 17.2 Å². The number of aromatic nitrogens is 2. The molecular formula is C12H19BrN2OS. The number of hydrogen-bond acceptors (Lipinski definition) is 3. The molecule has 1 rings (SSSR count). The predicted molar refractivity (Wildman–Crippen MR) is 76.8 cm³/mol. The molecule has 3 nitrogen and oxygen atoms in total. The molecule has 0 aromatic carbocycles. The Morgan fingerprint density at radius 2 is 2.18 bits per heavy atom. The van der Waals surface area contributed by atoms with E-state index in [4.69, 9.17) is 0 Å². The Morgan fingerprint density at radius 1 is 1.53 bits per heavy atom. The summed E-state index contributed by atoms with van der Waals surface area (Å²) in [5, 5.41) is 4.24. The van der Waals surface area contributed by atoms with Gasteiger partial charge in [-0.15, -0.1) is 0 Å². The van der Waals surface area contributed by atoms with Crippen LogP contribution < -0.4 is 0 Å². The van der Waals surface area contributed by atoms with E-state index in [0.717, 1.165) is 16.8 Å². The van der Waals surface area contributed by atoms with Crippen LogP contribution in [0.15, 0.2) is 10.7 Å². The number of aryl methyl sites for hydroxylation is 1. The quantitative estimate of drug-likeness (QED) is 0.775. The van der Waals surface area contributed by atoms with Gasteiger partial charge in [-0.3, -0.25) is 9.48 Å². The first-order chi connectivity index (χ1) is 7.85. The SMILES string of the molecule is CCC(=O)c1c(Br)cnn1CCSC(C)(C)C. The number of carbonyl (C=O) groups excluding carboxylic acids is 1. The van der Waals surface area contributed by atoms with E-state index >= 15 is 0 Å². The zero-order chi connectivity index (χ0) is 13.1. The van der Waals surface area contributed by atoms with Gasteiger partial charge in [-0.05, 0) is 15.9 Å². The van der Waals surface area contributed by atoms with Crippen molar-refractivity contribution >= 4 is 33.5 Å². The molecule has 1 heterocycles. The predicted octanol–water partition coefficient (Wildman–Crippen LogP) is 3.77. The summed E-state index contributed by atoms with van der Waals surface area (Å²) in [7, 11) is 0. The number of hydrogen-bond donors (Lipinski definition) is 0. The maximum atomic E-state index is 11.8. The van der Waals surface area contributed by atoms with Crippen molar-refractivity contribution in [1.29, 1.82) is 0 Å². The van der Waals surface area contributed by atoms with Crippen LogP contribution in [0.5, 0.6) is 0 Å². The number of thioether (sulfide) groups is 1. The maximum Gasteiger partial charge on any atom is 0.181 e. The second-order valence-corrected chi connectivity index (χ2v) is 7.58. The highest BCUT2D eigenvalue weighted by atomic mass is 79.9. The molecule has 0 spiro atoms. The summed E-state index contributed by atoms with van der Waals surface area (Å²) >= 11 is 5.26. The monoisotopic (exact) mass is 318 g/mol. The number of ketones is 1. The highest BCUT2D eigenvalue weighted by molar-refractivity contribution is 9.10. The van der Waals surface area contributed by atoms with Crippen LogP contribution >= 0.6 is 27.7 Å². The number of Topliss-reactive ketones (excluding diaryl/α,β-unsaturated/α-hetero) is 1. The van der Waals surface area contributed by atoms with E-state index < -0.39 is 0 Å². The third-order valence-electron chi connectivity index (χ3n) is 2.22. The summed E-state index contributed by atoms with van der Waals surface area (Å²) in [5.41, 5.74) is 0.696. The minimum absolute atomic E-state index is 0.134. The van der Waals surface area contributed by atoms with Gasteiger partial charge < -0.3 is 0 Å². The number of halogens is 1. The molecule has 0 fully saturated rings. The molecule has 0 aliphatic carbocycles. The summed E-state index contributed by atoms with van der Waals surface area (Å²) in [6.45, 7) is 9.21. The van der Waals surface area contributed by atoms with Crippen molar-refractivity contribution in [3.63, 3.8) is 0 Å². The van der Waals surface area contributed by atoms with Gasteiger partial charge in [0.15, 0.2) is 5.78 Å². The van der Waals surface area contributed by atoms with Gasteiger partial charge in [0, 0.05) is 16.9 Å². The fourth-order valence-corrected chi connectivity index (χ4v) is 2.81. The molecule has 0 saturated carbocycles. The van der Waals surface area contributed by atoms with Gasteiger partial charge in [0.2, 0.25) is 0 Å². The maximum absolute atomic E-state index is 11.8. The molecule has 17 heavy (non-hydrogen) atoms. The molecule has 96 valence electrons. The summed E-state index contributed by atoms with van der Waals surface area (Å²) in [6.07, 6.45) is 2.21. The van der Waals surface area contributed by atoms with Gasteiger partial charge >= 0.3 is 0 Å². The highest BCUT2D eigenvalue weighted by Gasteiger charge is 2.16. The van der Waals surface area contributed by atoms with Gasteiger partial charge in [0.25, 0.3) is 0 Å². The van der Waals surface area contributed by atoms with Crippen molar-refractivity contribution in [2.24, 2.45) is 0 Å². The van der Waals surface area contributed by atoms with Crippen molar-refractivity contribution in [2.45, 2.75) is 45.4 Å². The fraction of sp³-hybridized carbons (Fsp3) is 0.667. The Labute approximate surface area is 115 Å². The summed E-state index contributed by atoms with van der Waals surface area (Å²) in [4.78, 5) is 11.8. The summed E-state index contributed by atoms with van der Waals surface area (Å²) in [5.74, 6) is 1.09. The van der Waals surface area contributed by atoms with Crippen LogP contribution in [-0.4, -0.2) is 26.1 Å². The molecular weight excluding hydrogens is 300 g/mol. The lowest BCUT2D eigenvalue weighted by atomic mass is 10.2. The first kappa shape index (κ1) is 14.8. The first-order valence-electron chi connectivity index (χ1n) is 5.73. The normalized spacial score (nSPS) is 11.8. The van der Waals surface area contributed by atoms with Gasteiger partial charge in [-0.2, -0.15) is 16.9 Å². The van der Waals surface area contributed by atoms with E-state index in [9.17, 15) is 4.79 Å². The van der Waals surface area contributed by atoms with Crippen LogP contribution in [0.1, 0.15) is 44.6 Å². The average Bonchev–Trinajstić information content (AvgIpc) is 2.57. The Hall–Kier alpha value is -0.290. The molecule has 1 aromatic rings. The fourth-order valence-electron chi connectivity index (χ4n) is 1.41. The highest BCUT2D eigenvalue weighted by Crippen LogP contribution is 2.24. The van der Waals surface area contributed by atoms with E-state index in [2.05, 4.69) is 41.8 Å². The zero-order valence-electron chi connectivity index (χ0n) is 10.8. The van der Waals surface area contributed by atoms with Crippen molar-refractivity contribution in [2.75, 3.05) is 5.75 Å². The van der Waals surface area contributed by atoms with Crippen LogP contribution in [0.2, 0.25) is 0 Å². The first-order valence-corrected chi connectivity index (χ1v) is 7.51. The van der Waals surface area contributed by atoms with Crippen LogP contribution in [0.25, 0.3) is 0 Å². The Morgan fingerprint density at radius 3 is 2.71 bits per heavy atom. The van der Waals surface area contributed by atoms with Gasteiger partial charge in [0.1, 0.15) is 5.69 Å². The number of carbonyl (C=O) groups is 1. The number of nitrogens with zero attached hydrogens (tertiary/aromatic N) is 2. The Balaban J connectivity index is 2.69. The average molecular weight is 319 g/mol. The molecule has 0 radical (unpaired) electrons. The van der Waals surface area contributed by atoms with Gasteiger partial charge in [-0.1, -0.05) is 27.7 Å². The molecule has 1 aromatic heterocycles. The second kappa shape index (κ2) is 6.05. The molecule has 0 atom stereocenters. The second-order valence-electron chi connectivity index (χ2n) is 4.80. The molecule has 0 aliphatic heterocycles. The molecule has 0 N–H and O–H groups in total. The van der Waals surface area contributed by atoms with E-state index in [-0.39, 0.29) is 10.5 Å². The van der Waals surface area contributed by atoms with Crippen molar-refractivity contribution < 1.29 is 4.79 Å². The van der Waals surface area contributed by atoms with Gasteiger partial charge in [-0.25, -0.2) is 0 Å². The third kappa shape index (κ3) is 4.47. The number of rotatable bonds is 5. The minimum atomic E-state index is 0.134. The summed E-state index contributed by atoms with van der Waals surface area (Å²) < 4.78 is 2.85. The van der Waals surface area contributed by atoms with Crippen molar-refractivity contribution in [1.82, 2.24) is 9.78 Å². The van der Waals surface area contributed by atoms with E-state index in [1.165, 1.54) is 0 Å². The van der Waals surface area contributed by atoms with Crippen molar-refractivity contribution in [3.8, 4) is 0 Å². The Kier molecular flexibility index (Phi) is 5.25. The third-order valence-corrected chi connectivity index (χ3v) is 4.05. The zero-order valence-corrected chi connectivity index (χ0v) is 13.2. The molecule has 0 saturated heterocycles. The molecule has 0 unspecified atom stereocenters. The van der Waals surface area contributed by atoms with E-state index in [1.807, 2.05) is 18.7 Å². The standard InChI is InChI=1S/C12H19BrN2OS/c1-5-10(16)11-9(13)8-14-15(11)6-7-17-12(2,3)4/h8H,5-7H2,1-4H3. The smallest absolute Gasteiger partial charge is 0.181 e. The molecule has 5 heteroatoms.